The van der Waals surface area contributed by atoms with Gasteiger partial charge in [-0.2, -0.15) is 0 Å². The lowest BCUT2D eigenvalue weighted by molar-refractivity contribution is -0.110. The van der Waals surface area contributed by atoms with Crippen LogP contribution in [0.4, 0.5) is 0 Å². The van der Waals surface area contributed by atoms with Crippen molar-refractivity contribution in [1.29, 1.82) is 0 Å². The van der Waals surface area contributed by atoms with Crippen molar-refractivity contribution < 1.29 is 9.53 Å². The zero-order valence-corrected chi connectivity index (χ0v) is 14.5. The molecule has 0 saturated carbocycles. The molecule has 1 aliphatic rings. The number of halogens is 1. The average molecular weight is 346 g/mol. The van der Waals surface area contributed by atoms with Gasteiger partial charge >= 0.3 is 0 Å². The minimum Gasteiger partial charge on any atom is -0.491 e. The molecule has 1 aromatic heterocycles. The molecule has 0 spiro atoms. The number of aldehydes is 1. The van der Waals surface area contributed by atoms with Crippen LogP contribution in [-0.4, -0.2) is 17.5 Å². The summed E-state index contributed by atoms with van der Waals surface area (Å²) in [7, 11) is 0. The van der Waals surface area contributed by atoms with E-state index in [9.17, 15) is 9.59 Å². The third-order valence-corrected chi connectivity index (χ3v) is 4.67. The maximum absolute atomic E-state index is 12.5. The lowest BCUT2D eigenvalue weighted by Gasteiger charge is -2.24. The number of aromatic nitrogens is 1. The van der Waals surface area contributed by atoms with Crippen LogP contribution in [0, 0.1) is 5.92 Å². The summed E-state index contributed by atoms with van der Waals surface area (Å²) in [6.45, 7) is 4.56. The van der Waals surface area contributed by atoms with Crippen LogP contribution in [0.5, 0.6) is 5.75 Å². The molecule has 2 heterocycles. The molecule has 0 radical (unpaired) electrons. The van der Waals surface area contributed by atoms with E-state index < -0.39 is 6.04 Å². The highest BCUT2D eigenvalue weighted by atomic mass is 35.5. The third-order valence-electron chi connectivity index (χ3n) is 4.43. The van der Waals surface area contributed by atoms with Gasteiger partial charge in [-0.3, -0.25) is 4.79 Å². The quantitative estimate of drug-likeness (QED) is 0.793. The van der Waals surface area contributed by atoms with Crippen molar-refractivity contribution in [1.82, 2.24) is 4.57 Å². The van der Waals surface area contributed by atoms with Crippen LogP contribution in [0.3, 0.4) is 0 Å². The van der Waals surface area contributed by atoms with E-state index in [2.05, 4.69) is 6.92 Å². The molecule has 4 nitrogen and oxygen atoms in total. The van der Waals surface area contributed by atoms with Gasteiger partial charge in [-0.1, -0.05) is 31.5 Å². The largest absolute Gasteiger partial charge is 0.491 e. The van der Waals surface area contributed by atoms with Crippen LogP contribution in [0.15, 0.2) is 35.3 Å². The standard InChI is InChI=1S/C19H20ClNO3/c1-3-15(10-22)21-9-18-17(8-19(21)23)16-7-14(20)5-4-13(16)6-12(2)11-24-18/h4-5,7-10,12,15H,3,6,11H2,1-2H3. The fraction of sp³-hybridized carbons (Fsp3) is 0.368. The monoisotopic (exact) mass is 345 g/mol. The maximum atomic E-state index is 12.5. The smallest absolute Gasteiger partial charge is 0.252 e. The number of pyridine rings is 1. The number of carbonyl (C=O) groups is 1. The number of hydrogen-bond donors (Lipinski definition) is 0. The molecule has 1 aromatic carbocycles. The van der Waals surface area contributed by atoms with E-state index >= 15 is 0 Å². The summed E-state index contributed by atoms with van der Waals surface area (Å²) in [4.78, 5) is 23.8. The van der Waals surface area contributed by atoms with E-state index in [1.165, 1.54) is 4.57 Å². The molecular weight excluding hydrogens is 326 g/mol. The summed E-state index contributed by atoms with van der Waals surface area (Å²) in [5, 5.41) is 0.622. The van der Waals surface area contributed by atoms with E-state index in [4.69, 9.17) is 16.3 Å². The Morgan fingerprint density at radius 2 is 2.17 bits per heavy atom. The van der Waals surface area contributed by atoms with Crippen LogP contribution in [-0.2, 0) is 11.2 Å². The second-order valence-corrected chi connectivity index (χ2v) is 6.77. The second kappa shape index (κ2) is 6.81. The lowest BCUT2D eigenvalue weighted by Crippen LogP contribution is -2.26. The molecule has 0 fully saturated rings. The zero-order valence-electron chi connectivity index (χ0n) is 13.8. The van der Waals surface area contributed by atoms with Crippen molar-refractivity contribution in [2.75, 3.05) is 6.61 Å². The van der Waals surface area contributed by atoms with Crippen molar-refractivity contribution in [3.8, 4) is 16.9 Å². The minimum absolute atomic E-state index is 0.212. The summed E-state index contributed by atoms with van der Waals surface area (Å²) in [6.07, 6.45) is 3.87. The van der Waals surface area contributed by atoms with Crippen LogP contribution < -0.4 is 10.3 Å². The number of fused-ring (bicyclic) bond motifs is 3. The van der Waals surface area contributed by atoms with E-state index in [1.807, 2.05) is 25.1 Å². The summed E-state index contributed by atoms with van der Waals surface area (Å²) in [6, 6.07) is 6.82. The molecule has 2 unspecified atom stereocenters. The number of ether oxygens (including phenoxy) is 1. The molecular formula is C19H20ClNO3. The highest BCUT2D eigenvalue weighted by molar-refractivity contribution is 6.30. The highest BCUT2D eigenvalue weighted by Crippen LogP contribution is 2.36. The predicted octanol–water partition coefficient (Wildman–Crippen LogP) is 3.89. The van der Waals surface area contributed by atoms with Crippen molar-refractivity contribution in [3.63, 3.8) is 0 Å². The molecule has 0 aliphatic carbocycles. The molecule has 126 valence electrons. The molecule has 2 aromatic rings. The Morgan fingerprint density at radius 1 is 1.38 bits per heavy atom. The van der Waals surface area contributed by atoms with Gasteiger partial charge in [0.25, 0.3) is 5.56 Å². The Labute approximate surface area is 146 Å². The number of benzene rings is 1. The van der Waals surface area contributed by atoms with E-state index in [0.717, 1.165) is 29.4 Å². The normalized spacial score (nSPS) is 17.7. The van der Waals surface area contributed by atoms with E-state index in [0.29, 0.717) is 29.7 Å². The Morgan fingerprint density at radius 3 is 2.88 bits per heavy atom. The Balaban J connectivity index is 2.23. The van der Waals surface area contributed by atoms with E-state index in [1.54, 1.807) is 12.3 Å². The van der Waals surface area contributed by atoms with Crippen LogP contribution in [0.1, 0.15) is 31.9 Å². The molecule has 0 saturated heterocycles. The van der Waals surface area contributed by atoms with Gasteiger partial charge in [0.1, 0.15) is 12.0 Å². The number of carbonyl (C=O) groups excluding carboxylic acids is 1. The van der Waals surface area contributed by atoms with Crippen molar-refractivity contribution in [2.24, 2.45) is 5.92 Å². The second-order valence-electron chi connectivity index (χ2n) is 6.33. The molecule has 1 aliphatic heterocycles. The van der Waals surface area contributed by atoms with Gasteiger partial charge in [0.05, 0.1) is 18.8 Å². The van der Waals surface area contributed by atoms with E-state index in [-0.39, 0.29) is 5.56 Å². The first-order chi connectivity index (χ1) is 11.5. The number of hydrogen-bond acceptors (Lipinski definition) is 3. The van der Waals surface area contributed by atoms with Gasteiger partial charge in [-0.25, -0.2) is 0 Å². The van der Waals surface area contributed by atoms with Crippen LogP contribution in [0.25, 0.3) is 11.1 Å². The fourth-order valence-corrected chi connectivity index (χ4v) is 3.29. The number of rotatable bonds is 3. The molecule has 0 N–H and O–H groups in total. The summed E-state index contributed by atoms with van der Waals surface area (Å²) in [5.74, 6) is 0.955. The van der Waals surface area contributed by atoms with Gasteiger partial charge in [0.2, 0.25) is 0 Å². The average Bonchev–Trinajstić information content (AvgIpc) is 2.56. The Bertz CT molecular complexity index is 828. The highest BCUT2D eigenvalue weighted by Gasteiger charge is 2.21. The Kier molecular flexibility index (Phi) is 4.76. The van der Waals surface area contributed by atoms with Crippen molar-refractivity contribution in [2.45, 2.75) is 32.7 Å². The van der Waals surface area contributed by atoms with Gasteiger partial charge < -0.3 is 14.1 Å². The van der Waals surface area contributed by atoms with Crippen molar-refractivity contribution in [3.05, 3.63) is 51.4 Å². The summed E-state index contributed by atoms with van der Waals surface area (Å²) < 4.78 is 7.40. The van der Waals surface area contributed by atoms with Crippen LogP contribution in [0.2, 0.25) is 5.02 Å². The molecule has 3 rings (SSSR count). The van der Waals surface area contributed by atoms with Gasteiger partial charge in [0.15, 0.2) is 0 Å². The minimum atomic E-state index is -0.479. The topological polar surface area (TPSA) is 48.3 Å². The zero-order chi connectivity index (χ0) is 17.3. The molecule has 2 atom stereocenters. The van der Waals surface area contributed by atoms with Gasteiger partial charge in [-0.05, 0) is 42.0 Å². The SMILES string of the molecule is CCC(C=O)n1cc2c(cc1=O)-c1cc(Cl)ccc1CC(C)CO2. The first-order valence-corrected chi connectivity index (χ1v) is 8.54. The van der Waals surface area contributed by atoms with Gasteiger partial charge in [-0.15, -0.1) is 0 Å². The summed E-state index contributed by atoms with van der Waals surface area (Å²) >= 11 is 6.17. The molecule has 5 heteroatoms. The maximum Gasteiger partial charge on any atom is 0.252 e. The predicted molar refractivity (Wildman–Crippen MR) is 94.9 cm³/mol. The van der Waals surface area contributed by atoms with Gasteiger partial charge in [0, 0.05) is 16.7 Å². The number of nitrogens with zero attached hydrogens (tertiary/aromatic N) is 1. The third kappa shape index (κ3) is 3.11. The fourth-order valence-electron chi connectivity index (χ4n) is 3.12. The van der Waals surface area contributed by atoms with Crippen molar-refractivity contribution >= 4 is 17.9 Å². The molecule has 24 heavy (non-hydrogen) atoms. The molecule has 0 amide bonds. The van der Waals surface area contributed by atoms with Crippen LogP contribution >= 0.6 is 11.6 Å². The molecule has 0 bridgehead atoms. The first-order valence-electron chi connectivity index (χ1n) is 8.16. The first kappa shape index (κ1) is 16.8. The summed E-state index contributed by atoms with van der Waals surface area (Å²) in [5.41, 5.74) is 2.60. The Hall–Kier alpha value is -2.07. The lowest BCUT2D eigenvalue weighted by atomic mass is 9.92.